The number of hydrogen-bond donors (Lipinski definition) is 3. The summed E-state index contributed by atoms with van der Waals surface area (Å²) in [6, 6.07) is 9.46. The average Bonchev–Trinajstić information content (AvgIpc) is 2.97. The molecule has 0 radical (unpaired) electrons. The molecule has 30 heavy (non-hydrogen) atoms. The zero-order chi connectivity index (χ0) is 21.7. The molecule has 3 N–H and O–H groups in total. The largest absolute Gasteiger partial charge is 0.497 e. The first-order valence-electron chi connectivity index (χ1n) is 9.66. The Bertz CT molecular complexity index is 1030. The smallest absolute Gasteiger partial charge is 0.255 e. The highest BCUT2D eigenvalue weighted by Crippen LogP contribution is 2.20. The standard InChI is InChI=1S/C21H27N7O2/c1-13-12-18(25-16-6-8-17(30-5)9-7-16)26-21(24-13)23-11-10-22-20(29)19-14(2)27-28(4)15(19)3/h6-9,12H,10-11H2,1-5H3,(H,22,29)(H2,23,24,25,26). The molecule has 2 heterocycles. The Morgan fingerprint density at radius 1 is 1.10 bits per heavy atom. The summed E-state index contributed by atoms with van der Waals surface area (Å²) >= 11 is 0. The van der Waals surface area contributed by atoms with Gasteiger partial charge in [-0.15, -0.1) is 0 Å². The van der Waals surface area contributed by atoms with E-state index in [4.69, 9.17) is 4.74 Å². The number of carbonyl (C=O) groups is 1. The molecule has 0 saturated carbocycles. The molecule has 0 unspecified atom stereocenters. The highest BCUT2D eigenvalue weighted by Gasteiger charge is 2.16. The number of hydrogen-bond acceptors (Lipinski definition) is 7. The van der Waals surface area contributed by atoms with Gasteiger partial charge in [0.05, 0.1) is 18.4 Å². The van der Waals surface area contributed by atoms with E-state index in [1.807, 2.05) is 58.2 Å². The van der Waals surface area contributed by atoms with Gasteiger partial charge in [-0.2, -0.15) is 10.1 Å². The van der Waals surface area contributed by atoms with Crippen molar-refractivity contribution >= 4 is 23.4 Å². The summed E-state index contributed by atoms with van der Waals surface area (Å²) < 4.78 is 6.88. The van der Waals surface area contributed by atoms with Crippen molar-refractivity contribution in [2.24, 2.45) is 7.05 Å². The van der Waals surface area contributed by atoms with Crippen LogP contribution in [-0.4, -0.2) is 45.9 Å². The molecule has 1 amide bonds. The first kappa shape index (κ1) is 21.1. The molecular weight excluding hydrogens is 382 g/mol. The van der Waals surface area contributed by atoms with Gasteiger partial charge in [0.1, 0.15) is 11.6 Å². The minimum absolute atomic E-state index is 0.132. The maximum Gasteiger partial charge on any atom is 0.255 e. The second-order valence-electron chi connectivity index (χ2n) is 6.92. The van der Waals surface area contributed by atoms with Crippen LogP contribution in [0.25, 0.3) is 0 Å². The molecular formula is C21H27N7O2. The number of nitrogens with zero attached hydrogens (tertiary/aromatic N) is 4. The van der Waals surface area contributed by atoms with E-state index in [-0.39, 0.29) is 5.91 Å². The van der Waals surface area contributed by atoms with Gasteiger partial charge < -0.3 is 20.7 Å². The number of methoxy groups -OCH3 is 1. The Balaban J connectivity index is 1.55. The number of amides is 1. The Hall–Kier alpha value is -3.62. The fourth-order valence-corrected chi connectivity index (χ4v) is 3.07. The predicted molar refractivity (Wildman–Crippen MR) is 117 cm³/mol. The summed E-state index contributed by atoms with van der Waals surface area (Å²) in [7, 11) is 3.46. The molecule has 0 bridgehead atoms. The van der Waals surface area contributed by atoms with Crippen molar-refractivity contribution in [2.45, 2.75) is 20.8 Å². The lowest BCUT2D eigenvalue weighted by atomic mass is 10.2. The maximum absolute atomic E-state index is 12.4. The Kier molecular flexibility index (Phi) is 6.51. The van der Waals surface area contributed by atoms with Crippen molar-refractivity contribution in [3.63, 3.8) is 0 Å². The maximum atomic E-state index is 12.4. The van der Waals surface area contributed by atoms with E-state index in [1.165, 1.54) is 0 Å². The first-order valence-corrected chi connectivity index (χ1v) is 9.66. The van der Waals surface area contributed by atoms with E-state index in [2.05, 4.69) is 31.0 Å². The van der Waals surface area contributed by atoms with Crippen molar-refractivity contribution in [2.75, 3.05) is 30.8 Å². The lowest BCUT2D eigenvalue weighted by molar-refractivity contribution is 0.0954. The number of aromatic nitrogens is 4. The third-order valence-electron chi connectivity index (χ3n) is 4.65. The number of ether oxygens (including phenoxy) is 1. The van der Waals surface area contributed by atoms with E-state index in [0.29, 0.717) is 30.4 Å². The first-order chi connectivity index (χ1) is 14.4. The van der Waals surface area contributed by atoms with Crippen LogP contribution in [-0.2, 0) is 7.05 Å². The van der Waals surface area contributed by atoms with Gasteiger partial charge in [-0.25, -0.2) is 4.98 Å². The third kappa shape index (κ3) is 5.05. The number of nitrogens with one attached hydrogen (secondary N) is 3. The predicted octanol–water partition coefficient (Wildman–Crippen LogP) is 2.73. The molecule has 2 aromatic heterocycles. The van der Waals surface area contributed by atoms with Crippen molar-refractivity contribution in [3.8, 4) is 5.75 Å². The van der Waals surface area contributed by atoms with Gasteiger partial charge in [-0.05, 0) is 45.0 Å². The minimum atomic E-state index is -0.132. The monoisotopic (exact) mass is 409 g/mol. The zero-order valence-corrected chi connectivity index (χ0v) is 17.9. The van der Waals surface area contributed by atoms with Crippen LogP contribution in [0.15, 0.2) is 30.3 Å². The molecule has 0 aliphatic carbocycles. The van der Waals surface area contributed by atoms with Crippen molar-refractivity contribution in [1.82, 2.24) is 25.1 Å². The lowest BCUT2D eigenvalue weighted by Gasteiger charge is -2.11. The molecule has 158 valence electrons. The molecule has 1 aromatic carbocycles. The fraction of sp³-hybridized carbons (Fsp3) is 0.333. The number of carbonyl (C=O) groups excluding carboxylic acids is 1. The van der Waals surface area contributed by atoms with Gasteiger partial charge in [0.25, 0.3) is 5.91 Å². The highest BCUT2D eigenvalue weighted by atomic mass is 16.5. The van der Waals surface area contributed by atoms with Gasteiger partial charge in [0, 0.05) is 43.3 Å². The highest BCUT2D eigenvalue weighted by molar-refractivity contribution is 5.96. The van der Waals surface area contributed by atoms with E-state index < -0.39 is 0 Å². The minimum Gasteiger partial charge on any atom is -0.497 e. The Labute approximate surface area is 175 Å². The fourth-order valence-electron chi connectivity index (χ4n) is 3.07. The van der Waals surface area contributed by atoms with Gasteiger partial charge in [-0.1, -0.05) is 0 Å². The second kappa shape index (κ2) is 9.25. The van der Waals surface area contributed by atoms with Crippen LogP contribution in [0.2, 0.25) is 0 Å². The topological polar surface area (TPSA) is 106 Å². The van der Waals surface area contributed by atoms with E-state index in [0.717, 1.165) is 28.5 Å². The third-order valence-corrected chi connectivity index (χ3v) is 4.65. The zero-order valence-electron chi connectivity index (χ0n) is 17.9. The molecule has 0 fully saturated rings. The summed E-state index contributed by atoms with van der Waals surface area (Å²) in [5, 5.41) is 13.6. The van der Waals surface area contributed by atoms with Crippen molar-refractivity contribution in [1.29, 1.82) is 0 Å². The van der Waals surface area contributed by atoms with Crippen LogP contribution in [0, 0.1) is 20.8 Å². The quantitative estimate of drug-likeness (QED) is 0.491. The van der Waals surface area contributed by atoms with Crippen LogP contribution in [0.1, 0.15) is 27.4 Å². The molecule has 9 nitrogen and oxygen atoms in total. The van der Waals surface area contributed by atoms with E-state index in [9.17, 15) is 4.79 Å². The summed E-state index contributed by atoms with van der Waals surface area (Å²) in [5.74, 6) is 1.84. The number of anilines is 3. The lowest BCUT2D eigenvalue weighted by Crippen LogP contribution is -2.29. The van der Waals surface area contributed by atoms with E-state index >= 15 is 0 Å². The summed E-state index contributed by atoms with van der Waals surface area (Å²) in [5.41, 5.74) is 3.91. The van der Waals surface area contributed by atoms with Gasteiger partial charge in [0.2, 0.25) is 5.95 Å². The molecule has 3 aromatic rings. The van der Waals surface area contributed by atoms with Crippen LogP contribution in [0.3, 0.4) is 0 Å². The molecule has 9 heteroatoms. The second-order valence-corrected chi connectivity index (χ2v) is 6.92. The molecule has 3 rings (SSSR count). The van der Waals surface area contributed by atoms with Crippen LogP contribution in [0.4, 0.5) is 17.5 Å². The molecule has 0 aliphatic rings. The molecule has 0 spiro atoms. The van der Waals surface area contributed by atoms with Crippen LogP contribution >= 0.6 is 0 Å². The van der Waals surface area contributed by atoms with Gasteiger partial charge in [-0.3, -0.25) is 9.48 Å². The Morgan fingerprint density at radius 3 is 2.47 bits per heavy atom. The molecule has 0 saturated heterocycles. The normalized spacial score (nSPS) is 10.6. The summed E-state index contributed by atoms with van der Waals surface area (Å²) in [6.45, 7) is 6.55. The number of aryl methyl sites for hydroxylation is 3. The SMILES string of the molecule is COc1ccc(Nc2cc(C)nc(NCCNC(=O)c3c(C)nn(C)c3C)n2)cc1. The van der Waals surface area contributed by atoms with Gasteiger partial charge in [0.15, 0.2) is 0 Å². The molecule has 0 aliphatic heterocycles. The molecule has 0 atom stereocenters. The van der Waals surface area contributed by atoms with Gasteiger partial charge >= 0.3 is 0 Å². The van der Waals surface area contributed by atoms with Crippen molar-refractivity contribution in [3.05, 3.63) is 53.0 Å². The van der Waals surface area contributed by atoms with Crippen LogP contribution in [0.5, 0.6) is 5.75 Å². The number of benzene rings is 1. The van der Waals surface area contributed by atoms with E-state index in [1.54, 1.807) is 11.8 Å². The summed E-state index contributed by atoms with van der Waals surface area (Å²) in [4.78, 5) is 21.3. The average molecular weight is 409 g/mol. The Morgan fingerprint density at radius 2 is 1.83 bits per heavy atom. The summed E-state index contributed by atoms with van der Waals surface area (Å²) in [6.07, 6.45) is 0. The van der Waals surface area contributed by atoms with Crippen molar-refractivity contribution < 1.29 is 9.53 Å². The van der Waals surface area contributed by atoms with Crippen LogP contribution < -0.4 is 20.7 Å². The number of rotatable bonds is 8.